The van der Waals surface area contributed by atoms with Crippen LogP contribution in [0.3, 0.4) is 0 Å². The molecule has 0 saturated carbocycles. The first-order valence-electron chi connectivity index (χ1n) is 6.13. The Bertz CT molecular complexity index is 324. The Kier molecular flexibility index (Phi) is 6.33. The van der Waals surface area contributed by atoms with Crippen molar-refractivity contribution in [2.24, 2.45) is 0 Å². The molecule has 0 aliphatic rings. The van der Waals surface area contributed by atoms with Gasteiger partial charge in [-0.3, -0.25) is 4.79 Å². The van der Waals surface area contributed by atoms with Crippen molar-refractivity contribution in [3.8, 4) is 0 Å². The van der Waals surface area contributed by atoms with E-state index in [1.807, 2.05) is 30.3 Å². The van der Waals surface area contributed by atoms with Crippen LogP contribution < -0.4 is 5.32 Å². The molecule has 17 heavy (non-hydrogen) atoms. The van der Waals surface area contributed by atoms with Crippen molar-refractivity contribution < 1.29 is 9.53 Å². The van der Waals surface area contributed by atoms with Crippen molar-refractivity contribution in [3.05, 3.63) is 35.9 Å². The summed E-state index contributed by atoms with van der Waals surface area (Å²) in [7, 11) is 1.43. The third kappa shape index (κ3) is 4.57. The van der Waals surface area contributed by atoms with Gasteiger partial charge in [-0.05, 0) is 18.5 Å². The number of methoxy groups -OCH3 is 1. The van der Waals surface area contributed by atoms with Crippen molar-refractivity contribution in [2.45, 2.75) is 25.7 Å². The Labute approximate surface area is 103 Å². The first-order valence-corrected chi connectivity index (χ1v) is 6.13. The van der Waals surface area contributed by atoms with Crippen LogP contribution in [0.2, 0.25) is 0 Å². The number of benzene rings is 1. The lowest BCUT2D eigenvalue weighted by molar-refractivity contribution is -0.142. The third-order valence-corrected chi connectivity index (χ3v) is 2.74. The van der Waals surface area contributed by atoms with Gasteiger partial charge in [-0.15, -0.1) is 0 Å². The molecular formula is C14H21NO2. The predicted molar refractivity (Wildman–Crippen MR) is 69.0 cm³/mol. The van der Waals surface area contributed by atoms with Gasteiger partial charge in [0.15, 0.2) is 0 Å². The summed E-state index contributed by atoms with van der Waals surface area (Å²) in [5, 5.41) is 3.30. The van der Waals surface area contributed by atoms with Crippen molar-refractivity contribution in [2.75, 3.05) is 20.2 Å². The number of hydrogen-bond acceptors (Lipinski definition) is 3. The van der Waals surface area contributed by atoms with Gasteiger partial charge in [0.2, 0.25) is 0 Å². The van der Waals surface area contributed by atoms with E-state index >= 15 is 0 Å². The second-order valence-electron chi connectivity index (χ2n) is 4.04. The Morgan fingerprint density at radius 2 is 2.06 bits per heavy atom. The van der Waals surface area contributed by atoms with Gasteiger partial charge in [-0.2, -0.15) is 0 Å². The summed E-state index contributed by atoms with van der Waals surface area (Å²) in [6.07, 6.45) is 2.28. The number of carbonyl (C=O) groups excluding carboxylic acids is 1. The summed E-state index contributed by atoms with van der Waals surface area (Å²) in [6.45, 7) is 3.73. The second kappa shape index (κ2) is 7.85. The summed E-state index contributed by atoms with van der Waals surface area (Å²) in [5.74, 6) is -0.391. The fraction of sp³-hybridized carbons (Fsp3) is 0.500. The van der Waals surface area contributed by atoms with Gasteiger partial charge in [-0.1, -0.05) is 43.7 Å². The smallest absolute Gasteiger partial charge is 0.314 e. The maximum atomic E-state index is 11.7. The summed E-state index contributed by atoms with van der Waals surface area (Å²) < 4.78 is 4.84. The number of hydrogen-bond donors (Lipinski definition) is 1. The number of nitrogens with one attached hydrogen (secondary N) is 1. The number of rotatable bonds is 7. The van der Waals surface area contributed by atoms with Crippen LogP contribution in [0.4, 0.5) is 0 Å². The van der Waals surface area contributed by atoms with Crippen LogP contribution >= 0.6 is 0 Å². The Balaban J connectivity index is 2.59. The van der Waals surface area contributed by atoms with Gasteiger partial charge >= 0.3 is 5.97 Å². The average molecular weight is 235 g/mol. The Hall–Kier alpha value is -1.35. The number of esters is 1. The summed E-state index contributed by atoms with van der Waals surface area (Å²) in [6, 6.07) is 9.75. The van der Waals surface area contributed by atoms with Gasteiger partial charge < -0.3 is 10.1 Å². The van der Waals surface area contributed by atoms with Gasteiger partial charge in [-0.25, -0.2) is 0 Å². The first kappa shape index (κ1) is 13.7. The maximum Gasteiger partial charge on any atom is 0.314 e. The van der Waals surface area contributed by atoms with Gasteiger partial charge in [0, 0.05) is 6.54 Å². The van der Waals surface area contributed by atoms with Gasteiger partial charge in [0.1, 0.15) is 0 Å². The second-order valence-corrected chi connectivity index (χ2v) is 4.04. The highest BCUT2D eigenvalue weighted by atomic mass is 16.5. The molecule has 0 aromatic heterocycles. The van der Waals surface area contributed by atoms with Gasteiger partial charge in [0.05, 0.1) is 13.0 Å². The molecule has 3 nitrogen and oxygen atoms in total. The van der Waals surface area contributed by atoms with E-state index in [1.165, 1.54) is 7.11 Å². The normalized spacial score (nSPS) is 12.1. The number of unbranched alkanes of at least 4 members (excludes halogenated alkanes) is 1. The monoisotopic (exact) mass is 235 g/mol. The van der Waals surface area contributed by atoms with Crippen LogP contribution in [0.25, 0.3) is 0 Å². The van der Waals surface area contributed by atoms with E-state index in [0.717, 1.165) is 24.9 Å². The molecule has 1 rings (SSSR count). The molecule has 0 bridgehead atoms. The Morgan fingerprint density at radius 3 is 2.65 bits per heavy atom. The van der Waals surface area contributed by atoms with Crippen LogP contribution in [-0.4, -0.2) is 26.2 Å². The fourth-order valence-corrected chi connectivity index (χ4v) is 1.71. The highest BCUT2D eigenvalue weighted by Gasteiger charge is 2.20. The topological polar surface area (TPSA) is 38.3 Å². The lowest BCUT2D eigenvalue weighted by atomic mass is 9.99. The summed E-state index contributed by atoms with van der Waals surface area (Å²) in [5.41, 5.74) is 1.00. The number of carbonyl (C=O) groups is 1. The molecule has 0 radical (unpaired) electrons. The molecule has 1 N–H and O–H groups in total. The van der Waals surface area contributed by atoms with Crippen LogP contribution in [0.1, 0.15) is 31.2 Å². The largest absolute Gasteiger partial charge is 0.469 e. The van der Waals surface area contributed by atoms with Crippen molar-refractivity contribution in [1.82, 2.24) is 5.32 Å². The van der Waals surface area contributed by atoms with Crippen LogP contribution in [-0.2, 0) is 9.53 Å². The van der Waals surface area contributed by atoms with Crippen LogP contribution in [0.5, 0.6) is 0 Å². The molecule has 1 aromatic carbocycles. The zero-order valence-electron chi connectivity index (χ0n) is 10.6. The molecular weight excluding hydrogens is 214 g/mol. The quantitative estimate of drug-likeness (QED) is 0.582. The third-order valence-electron chi connectivity index (χ3n) is 2.74. The standard InChI is InChI=1S/C14H21NO2/c1-3-4-10-15-11-13(14(16)17-2)12-8-6-5-7-9-12/h5-9,13,15H,3-4,10-11H2,1-2H3. The minimum absolute atomic E-state index is 0.180. The average Bonchev–Trinajstić information content (AvgIpc) is 2.39. The Morgan fingerprint density at radius 1 is 1.35 bits per heavy atom. The zero-order valence-corrected chi connectivity index (χ0v) is 10.6. The van der Waals surface area contributed by atoms with Crippen molar-refractivity contribution in [1.29, 1.82) is 0 Å². The first-order chi connectivity index (χ1) is 8.29. The molecule has 3 heteroatoms. The summed E-state index contributed by atoms with van der Waals surface area (Å²) >= 11 is 0. The molecule has 0 amide bonds. The van der Waals surface area contributed by atoms with Crippen LogP contribution in [0, 0.1) is 0 Å². The number of ether oxygens (including phenoxy) is 1. The molecule has 0 saturated heterocycles. The molecule has 94 valence electrons. The summed E-state index contributed by atoms with van der Waals surface area (Å²) in [4.78, 5) is 11.7. The van der Waals surface area contributed by atoms with E-state index in [9.17, 15) is 4.79 Å². The molecule has 1 atom stereocenters. The van der Waals surface area contributed by atoms with E-state index in [2.05, 4.69) is 12.2 Å². The highest BCUT2D eigenvalue weighted by molar-refractivity contribution is 5.78. The van der Waals surface area contributed by atoms with Crippen molar-refractivity contribution >= 4 is 5.97 Å². The molecule has 0 spiro atoms. The highest BCUT2D eigenvalue weighted by Crippen LogP contribution is 2.16. The van der Waals surface area contributed by atoms with Crippen LogP contribution in [0.15, 0.2) is 30.3 Å². The maximum absolute atomic E-state index is 11.7. The lowest BCUT2D eigenvalue weighted by Crippen LogP contribution is -2.28. The van der Waals surface area contributed by atoms with E-state index in [1.54, 1.807) is 0 Å². The van der Waals surface area contributed by atoms with E-state index < -0.39 is 0 Å². The minimum Gasteiger partial charge on any atom is -0.469 e. The lowest BCUT2D eigenvalue weighted by Gasteiger charge is -2.15. The molecule has 0 heterocycles. The predicted octanol–water partition coefficient (Wildman–Crippen LogP) is 2.33. The molecule has 1 unspecified atom stereocenters. The van der Waals surface area contributed by atoms with E-state index in [4.69, 9.17) is 4.74 Å². The molecule has 0 aliphatic carbocycles. The fourth-order valence-electron chi connectivity index (χ4n) is 1.71. The zero-order chi connectivity index (χ0) is 12.5. The van der Waals surface area contributed by atoms with E-state index in [-0.39, 0.29) is 11.9 Å². The molecule has 0 aliphatic heterocycles. The SMILES string of the molecule is CCCCNCC(C(=O)OC)c1ccccc1. The minimum atomic E-state index is -0.210. The van der Waals surface area contributed by atoms with Gasteiger partial charge in [0.25, 0.3) is 0 Å². The van der Waals surface area contributed by atoms with E-state index in [0.29, 0.717) is 6.54 Å². The van der Waals surface area contributed by atoms with Crippen molar-refractivity contribution in [3.63, 3.8) is 0 Å². The molecule has 1 aromatic rings. The molecule has 0 fully saturated rings.